The highest BCUT2D eigenvalue weighted by molar-refractivity contribution is 7.99. The average molecular weight is 615 g/mol. The third-order valence-electron chi connectivity index (χ3n) is 9.07. The first-order valence-corrected chi connectivity index (χ1v) is 16.2. The van der Waals surface area contributed by atoms with Gasteiger partial charge in [-0.1, -0.05) is 0 Å². The lowest BCUT2D eigenvalue weighted by Gasteiger charge is -2.34. The quantitative estimate of drug-likeness (QED) is 0.202. The van der Waals surface area contributed by atoms with Gasteiger partial charge in [-0.15, -0.1) is 23.1 Å². The molecule has 12 heteroatoms. The van der Waals surface area contributed by atoms with Gasteiger partial charge in [0.15, 0.2) is 0 Å². The molecule has 2 aliphatic heterocycles. The molecule has 2 bridgehead atoms. The molecule has 2 unspecified atom stereocenters. The molecule has 2 N–H and O–H groups in total. The molecule has 2 aromatic heterocycles. The molecule has 2 aliphatic carbocycles. The number of halogens is 3. The van der Waals surface area contributed by atoms with Crippen molar-refractivity contribution in [3.8, 4) is 10.6 Å². The molecule has 1 amide bonds. The summed E-state index contributed by atoms with van der Waals surface area (Å²) in [7, 11) is 2.19. The number of fused-ring (bicyclic) bond motifs is 2. The molecule has 7 nitrogen and oxygen atoms in total. The molecule has 4 heterocycles. The number of benzene rings is 1. The van der Waals surface area contributed by atoms with Gasteiger partial charge in [0.05, 0.1) is 10.6 Å². The van der Waals surface area contributed by atoms with Crippen molar-refractivity contribution in [3.05, 3.63) is 46.5 Å². The van der Waals surface area contributed by atoms with Crippen molar-refractivity contribution in [2.75, 3.05) is 36.1 Å². The van der Waals surface area contributed by atoms with E-state index < -0.39 is 11.7 Å². The van der Waals surface area contributed by atoms with Crippen molar-refractivity contribution >= 4 is 46.8 Å². The third kappa shape index (κ3) is 5.37. The Kier molecular flexibility index (Phi) is 6.93. The predicted octanol–water partition coefficient (Wildman–Crippen LogP) is 6.42. The Morgan fingerprint density at radius 2 is 2.00 bits per heavy atom. The summed E-state index contributed by atoms with van der Waals surface area (Å²) < 4.78 is 42.3. The summed E-state index contributed by atoms with van der Waals surface area (Å²) in [5.74, 6) is 1.27. The number of likely N-dealkylation sites (N-methyl/N-ethyl adjacent to an activating group) is 1. The Hall–Kier alpha value is -2.83. The van der Waals surface area contributed by atoms with Crippen molar-refractivity contribution in [3.63, 3.8) is 0 Å². The Bertz CT molecular complexity index is 1520. The fourth-order valence-electron chi connectivity index (χ4n) is 6.26. The van der Waals surface area contributed by atoms with E-state index in [2.05, 4.69) is 49.6 Å². The SMILES string of the molecule is Cc1sc(-c2nc(Nc3ccc(N4CC5CC4CN5C)cc3C3CC3)ncc2C(F)(F)F)cc1SCC1(NC=O)CC1. The van der Waals surface area contributed by atoms with E-state index in [9.17, 15) is 18.0 Å². The number of anilines is 3. The van der Waals surface area contributed by atoms with Gasteiger partial charge >= 0.3 is 6.18 Å². The van der Waals surface area contributed by atoms with Crippen LogP contribution in [0.3, 0.4) is 0 Å². The first-order chi connectivity index (χ1) is 20.1. The second-order valence-electron chi connectivity index (χ2n) is 12.1. The zero-order valence-electron chi connectivity index (χ0n) is 23.5. The number of aromatic nitrogens is 2. The molecule has 7 rings (SSSR count). The largest absolute Gasteiger partial charge is 0.420 e. The first kappa shape index (κ1) is 28.0. The topological polar surface area (TPSA) is 73.4 Å². The van der Waals surface area contributed by atoms with Crippen molar-refractivity contribution in [1.29, 1.82) is 0 Å². The molecule has 42 heavy (non-hydrogen) atoms. The van der Waals surface area contributed by atoms with Crippen LogP contribution in [0, 0.1) is 6.92 Å². The molecule has 2 saturated carbocycles. The van der Waals surface area contributed by atoms with E-state index in [0.29, 0.717) is 28.6 Å². The molecule has 0 spiro atoms. The van der Waals surface area contributed by atoms with Gasteiger partial charge in [-0.25, -0.2) is 9.97 Å². The maximum Gasteiger partial charge on any atom is 0.420 e. The Balaban J connectivity index is 1.16. The van der Waals surface area contributed by atoms with Crippen LogP contribution < -0.4 is 15.5 Å². The summed E-state index contributed by atoms with van der Waals surface area (Å²) in [5, 5.41) is 6.16. The highest BCUT2D eigenvalue weighted by Crippen LogP contribution is 2.47. The number of aryl methyl sites for hydroxylation is 1. The van der Waals surface area contributed by atoms with E-state index in [1.54, 1.807) is 17.8 Å². The minimum atomic E-state index is -4.59. The van der Waals surface area contributed by atoms with Crippen molar-refractivity contribution in [2.45, 2.75) is 73.6 Å². The van der Waals surface area contributed by atoms with Crippen LogP contribution in [0.2, 0.25) is 0 Å². The maximum absolute atomic E-state index is 14.1. The lowest BCUT2D eigenvalue weighted by Crippen LogP contribution is -2.44. The minimum absolute atomic E-state index is 0.117. The molecule has 222 valence electrons. The van der Waals surface area contributed by atoms with E-state index >= 15 is 0 Å². The molecule has 4 fully saturated rings. The summed E-state index contributed by atoms with van der Waals surface area (Å²) in [6.45, 7) is 4.01. The molecular weight excluding hydrogens is 581 g/mol. The van der Waals surface area contributed by atoms with Gasteiger partial charge in [-0.3, -0.25) is 9.69 Å². The van der Waals surface area contributed by atoms with Crippen molar-refractivity contribution in [1.82, 2.24) is 20.2 Å². The Morgan fingerprint density at radius 1 is 1.19 bits per heavy atom. The minimum Gasteiger partial charge on any atom is -0.366 e. The second-order valence-corrected chi connectivity index (χ2v) is 14.4. The van der Waals surface area contributed by atoms with Gasteiger partial charge in [0, 0.05) is 63.8 Å². The van der Waals surface area contributed by atoms with E-state index in [1.165, 1.54) is 29.0 Å². The number of thiophene rings is 1. The summed E-state index contributed by atoms with van der Waals surface area (Å²) >= 11 is 2.86. The molecule has 4 aliphatic rings. The normalized spacial score (nSPS) is 22.9. The molecule has 2 saturated heterocycles. The predicted molar refractivity (Wildman–Crippen MR) is 161 cm³/mol. The zero-order valence-corrected chi connectivity index (χ0v) is 25.1. The van der Waals surface area contributed by atoms with Gasteiger partial charge in [0.2, 0.25) is 12.4 Å². The van der Waals surface area contributed by atoms with Crippen LogP contribution in [-0.4, -0.2) is 64.8 Å². The summed E-state index contributed by atoms with van der Waals surface area (Å²) in [6, 6.07) is 9.31. The van der Waals surface area contributed by atoms with Crippen LogP contribution in [0.25, 0.3) is 10.6 Å². The number of carbonyl (C=O) groups is 1. The summed E-state index contributed by atoms with van der Waals surface area (Å²) in [6.07, 6.45) is 2.24. The number of nitrogens with zero attached hydrogens (tertiary/aromatic N) is 4. The standard InChI is InChI=1S/C30H33F3N6OS2/c1-17-25(41-15-29(7-8-29)35-16-40)11-26(42-17)27-23(30(31,32)33)12-34-28(37-27)36-24-6-5-19(10-22(24)18-3-4-18)39-14-20-9-21(39)13-38(20)2/h5-6,10-12,16,18,20-21H,3-4,7-9,13-15H2,1-2H3,(H,35,40)(H,34,36,37). The van der Waals surface area contributed by atoms with Crippen molar-refractivity contribution < 1.29 is 18.0 Å². The Labute approximate surface area is 251 Å². The third-order valence-corrected chi connectivity index (χ3v) is 11.7. The molecule has 0 radical (unpaired) electrons. The lowest BCUT2D eigenvalue weighted by molar-refractivity contribution is -0.137. The van der Waals surface area contributed by atoms with E-state index in [0.717, 1.165) is 66.8 Å². The zero-order chi connectivity index (χ0) is 29.2. The van der Waals surface area contributed by atoms with Gasteiger partial charge in [0.25, 0.3) is 0 Å². The maximum atomic E-state index is 14.1. The van der Waals surface area contributed by atoms with Crippen LogP contribution in [0.5, 0.6) is 0 Å². The van der Waals surface area contributed by atoms with Crippen LogP contribution >= 0.6 is 23.1 Å². The monoisotopic (exact) mass is 614 g/mol. The lowest BCUT2D eigenvalue weighted by atomic mass is 10.1. The van der Waals surface area contributed by atoms with E-state index in [1.807, 2.05) is 13.0 Å². The number of likely N-dealkylation sites (tertiary alicyclic amines) is 1. The van der Waals surface area contributed by atoms with Gasteiger partial charge in [-0.2, -0.15) is 13.2 Å². The van der Waals surface area contributed by atoms with Gasteiger partial charge in [-0.05, 0) is 81.8 Å². The van der Waals surface area contributed by atoms with Crippen LogP contribution in [0.15, 0.2) is 35.4 Å². The average Bonchev–Trinajstić information content (AvgIpc) is 3.83. The fourth-order valence-corrected chi connectivity index (χ4v) is 8.77. The molecule has 2 atom stereocenters. The van der Waals surface area contributed by atoms with Gasteiger partial charge in [0.1, 0.15) is 5.56 Å². The second kappa shape index (κ2) is 10.4. The molecule has 3 aromatic rings. The summed E-state index contributed by atoms with van der Waals surface area (Å²) in [4.78, 5) is 26.7. The number of rotatable bonds is 10. The molecular formula is C30H33F3N6OS2. The molecule has 1 aromatic carbocycles. The first-order valence-electron chi connectivity index (χ1n) is 14.4. The number of amides is 1. The number of piperazine rings is 1. The highest BCUT2D eigenvalue weighted by atomic mass is 32.2. The van der Waals surface area contributed by atoms with Crippen molar-refractivity contribution in [2.24, 2.45) is 0 Å². The number of nitrogens with one attached hydrogen (secondary N) is 2. The van der Waals surface area contributed by atoms with Crippen LogP contribution in [0.1, 0.15) is 54.0 Å². The van der Waals surface area contributed by atoms with Crippen LogP contribution in [-0.2, 0) is 11.0 Å². The van der Waals surface area contributed by atoms with Gasteiger partial charge < -0.3 is 15.5 Å². The van der Waals surface area contributed by atoms with Crippen LogP contribution in [0.4, 0.5) is 30.5 Å². The van der Waals surface area contributed by atoms with E-state index in [-0.39, 0.29) is 17.2 Å². The Morgan fingerprint density at radius 3 is 2.64 bits per heavy atom. The highest BCUT2D eigenvalue weighted by Gasteiger charge is 2.43. The van der Waals surface area contributed by atoms with E-state index in [4.69, 9.17) is 0 Å². The number of hydrogen-bond acceptors (Lipinski definition) is 8. The summed E-state index contributed by atoms with van der Waals surface area (Å²) in [5.41, 5.74) is 2.07. The number of hydrogen-bond donors (Lipinski definition) is 2. The number of alkyl halides is 3. The fraction of sp³-hybridized carbons (Fsp3) is 0.500. The smallest absolute Gasteiger partial charge is 0.366 e. The number of thioether (sulfide) groups is 1. The number of carbonyl (C=O) groups excluding carboxylic acids is 1.